The Morgan fingerprint density at radius 3 is 2.46 bits per heavy atom. The van der Waals surface area contributed by atoms with Crippen LogP contribution in [0.15, 0.2) is 28.6 Å². The van der Waals surface area contributed by atoms with Gasteiger partial charge in [-0.15, -0.1) is 0 Å². The molecule has 1 saturated carbocycles. The van der Waals surface area contributed by atoms with E-state index >= 15 is 0 Å². The summed E-state index contributed by atoms with van der Waals surface area (Å²) < 4.78 is 5.30. The summed E-state index contributed by atoms with van der Waals surface area (Å²) in [7, 11) is 1.65. The van der Waals surface area contributed by atoms with E-state index in [0.29, 0.717) is 23.6 Å². The van der Waals surface area contributed by atoms with E-state index in [9.17, 15) is 4.79 Å². The molecule has 0 spiro atoms. The Hall–Kier alpha value is -1.78. The van der Waals surface area contributed by atoms with Crippen LogP contribution in [0.5, 0.6) is 0 Å². The zero-order valence-corrected chi connectivity index (χ0v) is 16.9. The molecular weight excluding hydrogens is 326 g/mol. The molecule has 5 nitrogen and oxygen atoms in total. The van der Waals surface area contributed by atoms with Gasteiger partial charge in [0, 0.05) is 11.5 Å². The largest absolute Gasteiger partial charge is 0.483 e. The number of nitrogens with zero attached hydrogens (tertiary/aromatic N) is 1. The zero-order chi connectivity index (χ0) is 19.3. The third-order valence-corrected chi connectivity index (χ3v) is 5.08. The fourth-order valence-electron chi connectivity index (χ4n) is 3.44. The maximum Gasteiger partial charge on any atom is 0.250 e. The number of hydrogen-bond acceptors (Lipinski definition) is 3. The van der Waals surface area contributed by atoms with Gasteiger partial charge in [-0.2, -0.15) is 4.99 Å². The number of carbonyl (C=O) groups is 1. The van der Waals surface area contributed by atoms with Crippen LogP contribution in [-0.4, -0.2) is 24.9 Å². The molecule has 0 aromatic rings. The summed E-state index contributed by atoms with van der Waals surface area (Å²) in [5.74, 6) is 2.56. The molecule has 1 aliphatic heterocycles. The van der Waals surface area contributed by atoms with Crippen LogP contribution in [-0.2, 0) is 9.53 Å². The minimum absolute atomic E-state index is 0.0439. The topological polar surface area (TPSA) is 76.7 Å². The highest BCUT2D eigenvalue weighted by Crippen LogP contribution is 2.37. The summed E-state index contributed by atoms with van der Waals surface area (Å²) in [5.41, 5.74) is 7.18. The molecule has 2 unspecified atom stereocenters. The minimum Gasteiger partial charge on any atom is -0.483 e. The van der Waals surface area contributed by atoms with E-state index in [4.69, 9.17) is 10.5 Å². The van der Waals surface area contributed by atoms with Gasteiger partial charge in [-0.3, -0.25) is 4.79 Å². The normalized spacial score (nSPS) is 22.0. The molecule has 0 radical (unpaired) electrons. The summed E-state index contributed by atoms with van der Waals surface area (Å²) in [6.45, 7) is 8.67. The number of nitrogens with one attached hydrogen (secondary N) is 1. The molecule has 1 fully saturated rings. The molecule has 2 aliphatic rings. The number of rotatable bonds is 9. The van der Waals surface area contributed by atoms with Crippen LogP contribution in [0.3, 0.4) is 0 Å². The molecule has 146 valence electrons. The molecule has 0 saturated heterocycles. The Labute approximate surface area is 158 Å². The standard InChI is InChI=1S/C21H35N3O2/c1-13(2)6-7-16(12-14(3)4)21(25)24-20(22)17-10-11-18(26-5)23-19(17)15-8-9-15/h10-11,13-16,19,23H,6-9,12H2,1-5H3,(H2,22,24,25). The van der Waals surface area contributed by atoms with Gasteiger partial charge in [0.25, 0.3) is 5.91 Å². The molecule has 2 atom stereocenters. The van der Waals surface area contributed by atoms with E-state index in [1.165, 1.54) is 0 Å². The van der Waals surface area contributed by atoms with E-state index in [0.717, 1.165) is 43.6 Å². The Morgan fingerprint density at radius 2 is 1.92 bits per heavy atom. The molecule has 0 bridgehead atoms. The first-order valence-corrected chi connectivity index (χ1v) is 9.92. The van der Waals surface area contributed by atoms with E-state index in [-0.39, 0.29) is 17.9 Å². The van der Waals surface area contributed by atoms with E-state index in [2.05, 4.69) is 38.0 Å². The maximum absolute atomic E-state index is 12.8. The number of aliphatic imine (C=N–C) groups is 1. The van der Waals surface area contributed by atoms with Crippen molar-refractivity contribution in [1.29, 1.82) is 0 Å². The van der Waals surface area contributed by atoms with Gasteiger partial charge in [-0.25, -0.2) is 0 Å². The van der Waals surface area contributed by atoms with E-state index < -0.39 is 0 Å². The Balaban J connectivity index is 2.14. The summed E-state index contributed by atoms with van der Waals surface area (Å²) in [6, 6.07) is 0.0886. The van der Waals surface area contributed by atoms with Crippen molar-refractivity contribution >= 4 is 11.7 Å². The van der Waals surface area contributed by atoms with Crippen molar-refractivity contribution in [3.8, 4) is 0 Å². The first-order chi connectivity index (χ1) is 12.3. The van der Waals surface area contributed by atoms with Crippen molar-refractivity contribution in [1.82, 2.24) is 5.32 Å². The van der Waals surface area contributed by atoms with E-state index in [1.54, 1.807) is 7.11 Å². The summed E-state index contributed by atoms with van der Waals surface area (Å²) in [4.78, 5) is 17.1. The summed E-state index contributed by atoms with van der Waals surface area (Å²) >= 11 is 0. The van der Waals surface area contributed by atoms with Gasteiger partial charge in [-0.1, -0.05) is 34.1 Å². The highest BCUT2D eigenvalue weighted by molar-refractivity contribution is 6.05. The SMILES string of the molecule is COC1=CC=C(C(N)=NC(=O)C(CCC(C)C)CC(C)C)C(C2CC2)N1. The monoisotopic (exact) mass is 361 g/mol. The molecule has 3 N–H and O–H groups in total. The molecule has 2 rings (SSSR count). The Morgan fingerprint density at radius 1 is 1.23 bits per heavy atom. The predicted octanol–water partition coefficient (Wildman–Crippen LogP) is 3.76. The Bertz CT molecular complexity index is 586. The zero-order valence-electron chi connectivity index (χ0n) is 16.9. The minimum atomic E-state index is -0.0752. The number of allylic oxidation sites excluding steroid dienone is 2. The van der Waals surface area contributed by atoms with E-state index in [1.807, 2.05) is 12.2 Å². The first-order valence-electron chi connectivity index (χ1n) is 9.92. The number of amides is 1. The lowest BCUT2D eigenvalue weighted by Crippen LogP contribution is -2.40. The van der Waals surface area contributed by atoms with Crippen molar-refractivity contribution in [3.63, 3.8) is 0 Å². The summed E-state index contributed by atoms with van der Waals surface area (Å²) in [6.07, 6.45) is 8.89. The highest BCUT2D eigenvalue weighted by atomic mass is 16.5. The van der Waals surface area contributed by atoms with Gasteiger partial charge < -0.3 is 15.8 Å². The number of nitrogens with two attached hydrogens (primary N) is 1. The van der Waals surface area contributed by atoms with Gasteiger partial charge in [0.05, 0.1) is 13.2 Å². The van der Waals surface area contributed by atoms with Gasteiger partial charge in [0.2, 0.25) is 0 Å². The van der Waals surface area contributed by atoms with Crippen molar-refractivity contribution < 1.29 is 9.53 Å². The lowest BCUT2D eigenvalue weighted by Gasteiger charge is -2.26. The average molecular weight is 362 g/mol. The van der Waals surface area contributed by atoms with Crippen molar-refractivity contribution in [3.05, 3.63) is 23.6 Å². The van der Waals surface area contributed by atoms with Gasteiger partial charge in [0.15, 0.2) is 5.88 Å². The lowest BCUT2D eigenvalue weighted by molar-refractivity contribution is -0.122. The molecule has 1 aliphatic carbocycles. The van der Waals surface area contributed by atoms with Gasteiger partial charge >= 0.3 is 0 Å². The number of methoxy groups -OCH3 is 1. The van der Waals surface area contributed by atoms with Crippen LogP contribution in [0.2, 0.25) is 0 Å². The average Bonchev–Trinajstić information content (AvgIpc) is 3.42. The second-order valence-electron chi connectivity index (χ2n) is 8.45. The lowest BCUT2D eigenvalue weighted by atomic mass is 9.89. The second-order valence-corrected chi connectivity index (χ2v) is 8.45. The van der Waals surface area contributed by atoms with Gasteiger partial charge in [-0.05, 0) is 55.6 Å². The molecule has 5 heteroatoms. The number of carbonyl (C=O) groups excluding carboxylic acids is 1. The third kappa shape index (κ3) is 5.89. The quantitative estimate of drug-likeness (QED) is 0.484. The first kappa shape index (κ1) is 20.5. The molecule has 0 aromatic carbocycles. The van der Waals surface area contributed by atoms with Crippen LogP contribution in [0.1, 0.15) is 59.8 Å². The number of hydrogen-bond donors (Lipinski definition) is 2. The van der Waals surface area contributed by atoms with Crippen LogP contribution >= 0.6 is 0 Å². The maximum atomic E-state index is 12.8. The molecule has 26 heavy (non-hydrogen) atoms. The summed E-state index contributed by atoms with van der Waals surface area (Å²) in [5, 5.41) is 3.37. The Kier molecular flexibility index (Phi) is 7.30. The van der Waals surface area contributed by atoms with Crippen molar-refractivity contribution in [2.75, 3.05) is 7.11 Å². The molecule has 1 heterocycles. The number of ether oxygens (including phenoxy) is 1. The second kappa shape index (κ2) is 9.24. The van der Waals surface area contributed by atoms with Crippen LogP contribution in [0, 0.1) is 23.7 Å². The fraction of sp³-hybridized carbons (Fsp3) is 0.714. The predicted molar refractivity (Wildman–Crippen MR) is 106 cm³/mol. The highest BCUT2D eigenvalue weighted by Gasteiger charge is 2.37. The number of dihydropyridines is 1. The number of amidine groups is 1. The van der Waals surface area contributed by atoms with Crippen LogP contribution < -0.4 is 11.1 Å². The smallest absolute Gasteiger partial charge is 0.250 e. The van der Waals surface area contributed by atoms with Crippen molar-refractivity contribution in [2.45, 2.75) is 65.8 Å². The molecular formula is C21H35N3O2. The molecule has 1 amide bonds. The van der Waals surface area contributed by atoms with Crippen LogP contribution in [0.25, 0.3) is 0 Å². The fourth-order valence-corrected chi connectivity index (χ4v) is 3.44. The van der Waals surface area contributed by atoms with Crippen molar-refractivity contribution in [2.24, 2.45) is 34.4 Å². The molecule has 0 aromatic heterocycles. The van der Waals surface area contributed by atoms with Crippen LogP contribution in [0.4, 0.5) is 0 Å². The third-order valence-electron chi connectivity index (χ3n) is 5.08. The van der Waals surface area contributed by atoms with Gasteiger partial charge in [0.1, 0.15) is 5.84 Å².